The number of rotatable bonds is 7. The average molecular weight is 585 g/mol. The number of aryl methyl sites for hydroxylation is 1. The molecule has 2 fully saturated rings. The van der Waals surface area contributed by atoms with Crippen LogP contribution < -0.4 is 0 Å². The summed E-state index contributed by atoms with van der Waals surface area (Å²) in [4.78, 5) is 29.4. The van der Waals surface area contributed by atoms with Crippen LogP contribution in [0.15, 0.2) is 36.0 Å². The van der Waals surface area contributed by atoms with Gasteiger partial charge in [-0.3, -0.25) is 4.79 Å². The van der Waals surface area contributed by atoms with Gasteiger partial charge in [-0.25, -0.2) is 0 Å². The molecular weight excluding hydrogens is 536 g/mol. The third-order valence-electron chi connectivity index (χ3n) is 8.28. The molecule has 0 spiro atoms. The van der Waals surface area contributed by atoms with E-state index < -0.39 is 0 Å². The zero-order chi connectivity index (χ0) is 30.2. The molecule has 10 heteroatoms. The first-order valence-corrected chi connectivity index (χ1v) is 15.6. The lowest BCUT2D eigenvalue weighted by atomic mass is 9.90. The Kier molecular flexibility index (Phi) is 14.8. The number of hydrogen-bond donors (Lipinski definition) is 1. The summed E-state index contributed by atoms with van der Waals surface area (Å²) in [5.74, 6) is 1.08. The third kappa shape index (κ3) is 12.1. The van der Waals surface area contributed by atoms with Gasteiger partial charge in [0.1, 0.15) is 6.10 Å². The zero-order valence-corrected chi connectivity index (χ0v) is 25.4. The number of nitrogens with zero attached hydrogens (tertiary/aromatic N) is 3. The van der Waals surface area contributed by atoms with E-state index in [0.717, 1.165) is 76.5 Å². The van der Waals surface area contributed by atoms with Gasteiger partial charge in [-0.05, 0) is 76.7 Å². The Labute approximate surface area is 249 Å². The van der Waals surface area contributed by atoms with Gasteiger partial charge in [-0.15, -0.1) is 10.2 Å². The summed E-state index contributed by atoms with van der Waals surface area (Å²) in [5, 5.41) is 14.1. The van der Waals surface area contributed by atoms with Crippen molar-refractivity contribution in [2.75, 3.05) is 0 Å². The van der Waals surface area contributed by atoms with Crippen molar-refractivity contribution in [2.45, 2.75) is 135 Å². The summed E-state index contributed by atoms with van der Waals surface area (Å²) < 4.78 is 19.1. The van der Waals surface area contributed by atoms with Gasteiger partial charge in [-0.1, -0.05) is 55.4 Å². The molecule has 0 aliphatic carbocycles. The van der Waals surface area contributed by atoms with Crippen LogP contribution in [0.3, 0.4) is 0 Å². The highest BCUT2D eigenvalue weighted by Gasteiger charge is 2.32. The molecule has 3 aliphatic heterocycles. The van der Waals surface area contributed by atoms with Gasteiger partial charge < -0.3 is 14.2 Å². The van der Waals surface area contributed by atoms with Crippen LogP contribution in [0, 0.1) is 11.8 Å². The number of tetrazole rings is 1. The molecule has 232 valence electrons. The summed E-state index contributed by atoms with van der Waals surface area (Å²) in [6, 6.07) is 0. The summed E-state index contributed by atoms with van der Waals surface area (Å²) in [7, 11) is 0. The number of fused-ring (bicyclic) bond motifs is 4. The first-order valence-electron chi connectivity index (χ1n) is 15.6. The molecule has 4 rings (SSSR count). The third-order valence-corrected chi connectivity index (χ3v) is 8.28. The van der Waals surface area contributed by atoms with Gasteiger partial charge in [0.2, 0.25) is 0 Å². The van der Waals surface area contributed by atoms with Crippen molar-refractivity contribution in [3.05, 3.63) is 41.8 Å². The quantitative estimate of drug-likeness (QED) is 0.246. The van der Waals surface area contributed by atoms with E-state index in [4.69, 9.17) is 23.8 Å². The van der Waals surface area contributed by atoms with Crippen LogP contribution in [-0.2, 0) is 35.0 Å². The molecule has 2 saturated heterocycles. The normalized spacial score (nSPS) is 32.4. The van der Waals surface area contributed by atoms with Crippen LogP contribution in [0.2, 0.25) is 0 Å². The first kappa shape index (κ1) is 33.6. The van der Waals surface area contributed by atoms with E-state index in [1.807, 2.05) is 0 Å². The number of cyclic esters (lactones) is 1. The first-order chi connectivity index (χ1) is 20.4. The second-order valence-corrected chi connectivity index (χ2v) is 11.8. The highest BCUT2D eigenvalue weighted by Crippen LogP contribution is 2.33. The molecular formula is C32H48N4O6. The molecule has 1 N–H and O–H groups in total. The van der Waals surface area contributed by atoms with E-state index in [9.17, 15) is 4.79 Å². The van der Waals surface area contributed by atoms with Gasteiger partial charge in [0.05, 0.1) is 30.8 Å². The van der Waals surface area contributed by atoms with Gasteiger partial charge >= 0.3 is 12.1 Å². The molecule has 10 nitrogen and oxygen atoms in total. The lowest BCUT2D eigenvalue weighted by Gasteiger charge is -2.37. The minimum absolute atomic E-state index is 0.0879. The van der Waals surface area contributed by atoms with E-state index >= 15 is 0 Å². The average Bonchev–Trinajstić information content (AvgIpc) is 3.48. The van der Waals surface area contributed by atoms with E-state index in [0.29, 0.717) is 12.0 Å². The minimum atomic E-state index is -0.288. The number of aromatic amines is 1. The van der Waals surface area contributed by atoms with Crippen molar-refractivity contribution in [1.29, 1.82) is 0 Å². The molecule has 7 atom stereocenters. The maximum atomic E-state index is 13.1. The van der Waals surface area contributed by atoms with Crippen LogP contribution in [0.1, 0.15) is 104 Å². The lowest BCUT2D eigenvalue weighted by Crippen LogP contribution is -2.37. The van der Waals surface area contributed by atoms with Crippen molar-refractivity contribution in [3.63, 3.8) is 0 Å². The smallest absolute Gasteiger partial charge is 0.373 e. The van der Waals surface area contributed by atoms with Crippen LogP contribution in [-0.4, -0.2) is 63.3 Å². The summed E-state index contributed by atoms with van der Waals surface area (Å²) in [6.45, 7) is 6.49. The number of nitrogens with one attached hydrogen (secondary N) is 1. The van der Waals surface area contributed by atoms with Crippen molar-refractivity contribution in [3.8, 4) is 0 Å². The standard InChI is InChI=1S/C31H48N4O4.CO2/c1-4-24-18-27-20-26-12-10-11-25(37-26)17-22(2)15-16-23(3)29(39-31(36)21-28(19-24)38-27)13-8-6-5-7-9-14-30-32-34-35-33-30;2-1-3/h4,8,13,15-16,22-23,25-29H,5-7,9-12,14,17-21H2,1-3H3,(H,32,33,34,35);/b13-8+,16-15+,24-4-;. The molecule has 3 aliphatic rings. The number of esters is 1. The van der Waals surface area contributed by atoms with Crippen LogP contribution in [0.25, 0.3) is 0 Å². The van der Waals surface area contributed by atoms with Crippen molar-refractivity contribution < 1.29 is 28.6 Å². The van der Waals surface area contributed by atoms with Gasteiger partial charge in [0.25, 0.3) is 0 Å². The monoisotopic (exact) mass is 584 g/mol. The highest BCUT2D eigenvalue weighted by atomic mass is 16.5. The molecule has 0 radical (unpaired) electrons. The maximum absolute atomic E-state index is 13.1. The number of unbranched alkanes of at least 4 members (excludes halogenated alkanes) is 3. The SMILES string of the molecule is C/C=C1\CC2CC(=O)OC(/C=C/CCCCCc3nn[nH]n3)C(C)/C=C/C(C)CC3CCCC(CC(C1)O2)O3.O=C=O. The Morgan fingerprint density at radius 3 is 2.45 bits per heavy atom. The second kappa shape index (κ2) is 18.6. The summed E-state index contributed by atoms with van der Waals surface area (Å²) in [5.41, 5.74) is 1.37. The van der Waals surface area contributed by atoms with Crippen molar-refractivity contribution in [2.24, 2.45) is 11.8 Å². The predicted octanol–water partition coefficient (Wildman–Crippen LogP) is 5.63. The Hall–Kier alpha value is -2.94. The summed E-state index contributed by atoms with van der Waals surface area (Å²) >= 11 is 0. The highest BCUT2D eigenvalue weighted by molar-refractivity contribution is 5.70. The minimum Gasteiger partial charge on any atom is -0.457 e. The Bertz CT molecular complexity index is 1050. The Morgan fingerprint density at radius 2 is 1.71 bits per heavy atom. The predicted molar refractivity (Wildman–Crippen MR) is 156 cm³/mol. The summed E-state index contributed by atoms with van der Waals surface area (Å²) in [6.07, 6.45) is 23.8. The Morgan fingerprint density at radius 1 is 0.976 bits per heavy atom. The number of ether oxygens (including phenoxy) is 3. The van der Waals surface area contributed by atoms with Crippen molar-refractivity contribution >= 4 is 12.1 Å². The van der Waals surface area contributed by atoms with Crippen molar-refractivity contribution in [1.82, 2.24) is 20.6 Å². The van der Waals surface area contributed by atoms with E-state index in [2.05, 4.69) is 71.8 Å². The Balaban J connectivity index is 0.00000155. The number of carbonyl (C=O) groups excluding carboxylic acids is 3. The number of aromatic nitrogens is 4. The van der Waals surface area contributed by atoms with Gasteiger partial charge in [-0.2, -0.15) is 14.8 Å². The molecule has 7 unspecified atom stereocenters. The molecule has 0 saturated carbocycles. The number of hydrogen-bond acceptors (Lipinski definition) is 9. The molecule has 0 amide bonds. The molecule has 1 aromatic rings. The van der Waals surface area contributed by atoms with Gasteiger partial charge in [0.15, 0.2) is 5.82 Å². The van der Waals surface area contributed by atoms with E-state index in [1.54, 1.807) is 0 Å². The molecule has 4 heterocycles. The zero-order valence-electron chi connectivity index (χ0n) is 25.4. The maximum Gasteiger partial charge on any atom is 0.373 e. The topological polar surface area (TPSA) is 133 Å². The molecule has 42 heavy (non-hydrogen) atoms. The van der Waals surface area contributed by atoms with Gasteiger partial charge in [0, 0.05) is 18.8 Å². The largest absolute Gasteiger partial charge is 0.457 e. The number of carbonyl (C=O) groups is 1. The molecule has 1 aromatic heterocycles. The fourth-order valence-corrected chi connectivity index (χ4v) is 6.07. The molecule has 4 bridgehead atoms. The molecule has 0 aromatic carbocycles. The van der Waals surface area contributed by atoms with Crippen LogP contribution in [0.5, 0.6) is 0 Å². The van der Waals surface area contributed by atoms with E-state index in [-0.39, 0.29) is 48.9 Å². The second-order valence-electron chi connectivity index (χ2n) is 11.8. The van der Waals surface area contributed by atoms with Crippen LogP contribution in [0.4, 0.5) is 0 Å². The van der Waals surface area contributed by atoms with E-state index in [1.165, 1.54) is 12.0 Å². The van der Waals surface area contributed by atoms with Crippen LogP contribution >= 0.6 is 0 Å². The lowest BCUT2D eigenvalue weighted by molar-refractivity contribution is -0.191. The fraction of sp³-hybridized carbons (Fsp3) is 0.719. The number of H-pyrrole nitrogens is 1. The fourth-order valence-electron chi connectivity index (χ4n) is 6.07. The number of allylic oxidation sites excluding steroid dienone is 3.